The Morgan fingerprint density at radius 3 is 3.21 bits per heavy atom. The summed E-state index contributed by atoms with van der Waals surface area (Å²) in [7, 11) is 0. The Morgan fingerprint density at radius 2 is 2.29 bits per heavy atom. The van der Waals surface area contributed by atoms with E-state index in [4.69, 9.17) is 0 Å². The molecule has 0 aromatic heterocycles. The molecule has 2 atom stereocenters. The lowest BCUT2D eigenvalue weighted by Gasteiger charge is -2.37. The topological polar surface area (TPSA) is 32.3 Å². The predicted molar refractivity (Wildman–Crippen MR) is 53.6 cm³/mol. The second kappa shape index (κ2) is 2.96. The quantitative estimate of drug-likeness (QED) is 0.626. The molecule has 0 radical (unpaired) electrons. The first-order valence-electron chi connectivity index (χ1n) is 5.88. The van der Waals surface area contributed by atoms with Gasteiger partial charge in [-0.05, 0) is 38.6 Å². The highest BCUT2D eigenvalue weighted by Gasteiger charge is 2.54. The fourth-order valence-corrected chi connectivity index (χ4v) is 3.58. The van der Waals surface area contributed by atoms with Crippen LogP contribution in [-0.4, -0.2) is 29.6 Å². The number of nitrogens with one attached hydrogen (secondary N) is 1. The molecular weight excluding hydrogens is 176 g/mol. The van der Waals surface area contributed by atoms with Crippen LogP contribution in [0.2, 0.25) is 0 Å². The maximum atomic E-state index is 11.9. The molecule has 2 saturated heterocycles. The van der Waals surface area contributed by atoms with Crippen LogP contribution >= 0.6 is 0 Å². The molecule has 1 spiro atoms. The van der Waals surface area contributed by atoms with E-state index in [1.165, 1.54) is 32.1 Å². The molecule has 0 bridgehead atoms. The molecule has 0 aromatic rings. The Balaban J connectivity index is 1.96. The largest absolute Gasteiger partial charge is 0.324 e. The number of rotatable bonds is 0. The third-order valence-electron chi connectivity index (χ3n) is 4.23. The summed E-state index contributed by atoms with van der Waals surface area (Å²) < 4.78 is 0. The minimum atomic E-state index is 0.0909. The standard InChI is InChI=1S/C11H18N2O/c14-10-8-9-4-3-5-11(9)12-6-1-2-7-13(10)11/h9,12H,1-8H2. The molecule has 2 heterocycles. The van der Waals surface area contributed by atoms with Gasteiger partial charge in [-0.25, -0.2) is 0 Å². The van der Waals surface area contributed by atoms with Crippen LogP contribution in [0.1, 0.15) is 38.5 Å². The third kappa shape index (κ3) is 0.991. The molecule has 2 unspecified atom stereocenters. The Hall–Kier alpha value is -0.570. The maximum Gasteiger partial charge on any atom is 0.224 e. The van der Waals surface area contributed by atoms with Gasteiger partial charge in [-0.3, -0.25) is 10.1 Å². The summed E-state index contributed by atoms with van der Waals surface area (Å²) >= 11 is 0. The summed E-state index contributed by atoms with van der Waals surface area (Å²) in [6.45, 7) is 2.09. The number of carbonyl (C=O) groups excluding carboxylic acids is 1. The van der Waals surface area contributed by atoms with Crippen molar-refractivity contribution in [3.8, 4) is 0 Å². The van der Waals surface area contributed by atoms with Crippen molar-refractivity contribution in [2.75, 3.05) is 13.1 Å². The van der Waals surface area contributed by atoms with E-state index in [0.29, 0.717) is 11.8 Å². The first-order valence-corrected chi connectivity index (χ1v) is 5.88. The summed E-state index contributed by atoms with van der Waals surface area (Å²) in [6, 6.07) is 0. The lowest BCUT2D eigenvalue weighted by Crippen LogP contribution is -2.56. The van der Waals surface area contributed by atoms with Crippen molar-refractivity contribution >= 4 is 5.91 Å². The van der Waals surface area contributed by atoms with Gasteiger partial charge in [0.15, 0.2) is 0 Å². The number of hydrogen-bond donors (Lipinski definition) is 1. The van der Waals surface area contributed by atoms with Gasteiger partial charge >= 0.3 is 0 Å². The van der Waals surface area contributed by atoms with Crippen molar-refractivity contribution in [1.29, 1.82) is 0 Å². The lowest BCUT2D eigenvalue weighted by atomic mass is 9.97. The first-order chi connectivity index (χ1) is 6.83. The fraction of sp³-hybridized carbons (Fsp3) is 0.909. The van der Waals surface area contributed by atoms with Crippen LogP contribution in [0.5, 0.6) is 0 Å². The molecule has 3 nitrogen and oxygen atoms in total. The van der Waals surface area contributed by atoms with Crippen molar-refractivity contribution in [2.24, 2.45) is 5.92 Å². The van der Waals surface area contributed by atoms with Crippen LogP contribution in [0, 0.1) is 5.92 Å². The summed E-state index contributed by atoms with van der Waals surface area (Å²) in [5, 5.41) is 3.65. The smallest absolute Gasteiger partial charge is 0.224 e. The van der Waals surface area contributed by atoms with Gasteiger partial charge in [0.25, 0.3) is 0 Å². The predicted octanol–water partition coefficient (Wildman–Crippen LogP) is 1.10. The molecule has 78 valence electrons. The molecule has 3 aliphatic rings. The van der Waals surface area contributed by atoms with Crippen molar-refractivity contribution in [2.45, 2.75) is 44.2 Å². The molecule has 2 aliphatic heterocycles. The van der Waals surface area contributed by atoms with Crippen LogP contribution in [0.25, 0.3) is 0 Å². The molecule has 1 aliphatic carbocycles. The maximum absolute atomic E-state index is 11.9. The fourth-order valence-electron chi connectivity index (χ4n) is 3.58. The molecule has 1 N–H and O–H groups in total. The van der Waals surface area contributed by atoms with Crippen LogP contribution in [0.3, 0.4) is 0 Å². The number of hydrogen-bond acceptors (Lipinski definition) is 2. The van der Waals surface area contributed by atoms with Gasteiger partial charge in [0.05, 0.1) is 5.66 Å². The number of amides is 1. The first kappa shape index (κ1) is 8.72. The zero-order chi connectivity index (χ0) is 9.60. The second-order valence-corrected chi connectivity index (χ2v) is 4.90. The van der Waals surface area contributed by atoms with Crippen molar-refractivity contribution in [1.82, 2.24) is 10.2 Å². The molecule has 1 saturated carbocycles. The van der Waals surface area contributed by atoms with Crippen LogP contribution in [-0.2, 0) is 4.79 Å². The summed E-state index contributed by atoms with van der Waals surface area (Å²) in [4.78, 5) is 14.0. The van der Waals surface area contributed by atoms with Gasteiger partial charge in [0.1, 0.15) is 0 Å². The van der Waals surface area contributed by atoms with E-state index >= 15 is 0 Å². The average Bonchev–Trinajstić information content (AvgIpc) is 2.56. The van der Waals surface area contributed by atoms with E-state index in [1.807, 2.05) is 0 Å². The van der Waals surface area contributed by atoms with Gasteiger partial charge in [0, 0.05) is 18.9 Å². The zero-order valence-corrected chi connectivity index (χ0v) is 8.59. The van der Waals surface area contributed by atoms with Crippen LogP contribution < -0.4 is 5.32 Å². The van der Waals surface area contributed by atoms with E-state index in [-0.39, 0.29) is 5.66 Å². The normalized spacial score (nSPS) is 42.1. The Labute approximate surface area is 84.8 Å². The molecule has 0 aromatic carbocycles. The van der Waals surface area contributed by atoms with E-state index in [9.17, 15) is 4.79 Å². The van der Waals surface area contributed by atoms with Gasteiger partial charge in [-0.1, -0.05) is 0 Å². The van der Waals surface area contributed by atoms with Gasteiger partial charge in [-0.15, -0.1) is 0 Å². The third-order valence-corrected chi connectivity index (χ3v) is 4.23. The van der Waals surface area contributed by atoms with Crippen molar-refractivity contribution in [3.63, 3.8) is 0 Å². The minimum absolute atomic E-state index is 0.0909. The molecule has 1 amide bonds. The zero-order valence-electron chi connectivity index (χ0n) is 8.59. The highest BCUT2D eigenvalue weighted by Crippen LogP contribution is 2.46. The number of carbonyl (C=O) groups is 1. The van der Waals surface area contributed by atoms with Crippen LogP contribution in [0.15, 0.2) is 0 Å². The highest BCUT2D eigenvalue weighted by molar-refractivity contribution is 5.80. The second-order valence-electron chi connectivity index (χ2n) is 4.90. The monoisotopic (exact) mass is 194 g/mol. The Kier molecular flexibility index (Phi) is 1.84. The minimum Gasteiger partial charge on any atom is -0.324 e. The van der Waals surface area contributed by atoms with E-state index in [1.54, 1.807) is 0 Å². The van der Waals surface area contributed by atoms with E-state index in [0.717, 1.165) is 19.5 Å². The summed E-state index contributed by atoms with van der Waals surface area (Å²) in [5.41, 5.74) is 0.0909. The van der Waals surface area contributed by atoms with E-state index < -0.39 is 0 Å². The average molecular weight is 194 g/mol. The number of nitrogens with zero attached hydrogens (tertiary/aromatic N) is 1. The molecular formula is C11H18N2O. The van der Waals surface area contributed by atoms with Gasteiger partial charge < -0.3 is 4.90 Å². The molecule has 3 rings (SSSR count). The SMILES string of the molecule is O=C1CC2CCCC23NCCCCN13. The summed E-state index contributed by atoms with van der Waals surface area (Å²) in [6.07, 6.45) is 6.92. The highest BCUT2D eigenvalue weighted by atomic mass is 16.2. The molecule has 14 heavy (non-hydrogen) atoms. The van der Waals surface area contributed by atoms with Gasteiger partial charge in [0.2, 0.25) is 5.91 Å². The Bertz CT molecular complexity index is 266. The molecule has 3 fully saturated rings. The van der Waals surface area contributed by atoms with Crippen LogP contribution in [0.4, 0.5) is 0 Å². The summed E-state index contributed by atoms with van der Waals surface area (Å²) in [5.74, 6) is 0.997. The van der Waals surface area contributed by atoms with Crippen molar-refractivity contribution in [3.05, 3.63) is 0 Å². The van der Waals surface area contributed by atoms with Gasteiger partial charge in [-0.2, -0.15) is 0 Å². The van der Waals surface area contributed by atoms with Crippen molar-refractivity contribution < 1.29 is 4.79 Å². The van der Waals surface area contributed by atoms with E-state index in [2.05, 4.69) is 10.2 Å². The Morgan fingerprint density at radius 1 is 1.36 bits per heavy atom. The lowest BCUT2D eigenvalue weighted by molar-refractivity contribution is -0.131. The molecule has 3 heteroatoms.